The molecule has 0 aliphatic carbocycles. The van der Waals surface area contributed by atoms with E-state index in [4.69, 9.17) is 18.7 Å². The number of benzene rings is 2. The number of hydrogen-bond donors (Lipinski definition) is 1. The molecular formula is C25H28N4O5. The third-order valence-corrected chi connectivity index (χ3v) is 5.74. The monoisotopic (exact) mass is 464 g/mol. The summed E-state index contributed by atoms with van der Waals surface area (Å²) < 4.78 is 21.6. The van der Waals surface area contributed by atoms with Crippen LogP contribution in [0.25, 0.3) is 17.0 Å². The Morgan fingerprint density at radius 3 is 2.53 bits per heavy atom. The molecule has 4 rings (SSSR count). The first kappa shape index (κ1) is 23.3. The summed E-state index contributed by atoms with van der Waals surface area (Å²) in [5.74, 6) is 2.15. The number of rotatable bonds is 9. The van der Waals surface area contributed by atoms with Crippen LogP contribution in [0.1, 0.15) is 30.8 Å². The van der Waals surface area contributed by atoms with Crippen molar-refractivity contribution < 1.29 is 23.5 Å². The van der Waals surface area contributed by atoms with Gasteiger partial charge < -0.3 is 24.1 Å². The van der Waals surface area contributed by atoms with Gasteiger partial charge in [0.25, 0.3) is 5.89 Å². The topological polar surface area (TPSA) is 99.0 Å². The lowest BCUT2D eigenvalue weighted by atomic mass is 9.94. The number of nitrogens with zero attached hydrogens (tertiary/aromatic N) is 3. The first-order chi connectivity index (χ1) is 16.5. The summed E-state index contributed by atoms with van der Waals surface area (Å²) >= 11 is 0. The average Bonchev–Trinajstić information content (AvgIpc) is 3.35. The molecule has 2 aromatic carbocycles. The summed E-state index contributed by atoms with van der Waals surface area (Å²) in [6.45, 7) is 2.94. The van der Waals surface area contributed by atoms with Crippen LogP contribution in [0.2, 0.25) is 0 Å². The molecule has 178 valence electrons. The van der Waals surface area contributed by atoms with E-state index in [2.05, 4.69) is 15.5 Å². The highest BCUT2D eigenvalue weighted by atomic mass is 16.5. The van der Waals surface area contributed by atoms with Crippen LogP contribution < -0.4 is 14.8 Å². The van der Waals surface area contributed by atoms with E-state index in [9.17, 15) is 4.79 Å². The SMILES string of the molecule is COCCCN1C(=O)NC(c2cccc(OC)c2)C(c2nc(-c3cccc(OC)c3)no2)=C1C. The van der Waals surface area contributed by atoms with Gasteiger partial charge in [0.15, 0.2) is 0 Å². The van der Waals surface area contributed by atoms with Gasteiger partial charge in [-0.1, -0.05) is 29.4 Å². The quantitative estimate of drug-likeness (QED) is 0.472. The van der Waals surface area contributed by atoms with Crippen LogP contribution in [0.3, 0.4) is 0 Å². The third kappa shape index (κ3) is 4.74. The highest BCUT2D eigenvalue weighted by Gasteiger charge is 2.35. The van der Waals surface area contributed by atoms with Crippen molar-refractivity contribution in [2.24, 2.45) is 0 Å². The van der Waals surface area contributed by atoms with E-state index in [0.717, 1.165) is 22.4 Å². The van der Waals surface area contributed by atoms with Gasteiger partial charge in [-0.05, 0) is 43.2 Å². The minimum absolute atomic E-state index is 0.197. The lowest BCUT2D eigenvalue weighted by Gasteiger charge is -2.35. The summed E-state index contributed by atoms with van der Waals surface area (Å²) in [7, 11) is 4.86. The van der Waals surface area contributed by atoms with Crippen LogP contribution in [-0.4, -0.2) is 55.6 Å². The molecule has 0 fully saturated rings. The number of allylic oxidation sites excluding steroid dienone is 1. The minimum atomic E-state index is -0.486. The number of urea groups is 1. The lowest BCUT2D eigenvalue weighted by molar-refractivity contribution is 0.174. The van der Waals surface area contributed by atoms with Crippen LogP contribution in [0.15, 0.2) is 58.8 Å². The van der Waals surface area contributed by atoms with Gasteiger partial charge in [0.1, 0.15) is 11.5 Å². The number of ether oxygens (including phenoxy) is 3. The van der Waals surface area contributed by atoms with Gasteiger partial charge in [-0.3, -0.25) is 4.90 Å². The molecule has 1 aliphatic rings. The molecule has 9 nitrogen and oxygen atoms in total. The van der Waals surface area contributed by atoms with E-state index in [1.165, 1.54) is 0 Å². The molecule has 1 aliphatic heterocycles. The molecular weight excluding hydrogens is 436 g/mol. The van der Waals surface area contributed by atoms with E-state index in [-0.39, 0.29) is 6.03 Å². The van der Waals surface area contributed by atoms with Gasteiger partial charge in [-0.2, -0.15) is 4.98 Å². The molecule has 1 unspecified atom stereocenters. The number of carbonyl (C=O) groups excluding carboxylic acids is 1. The maximum Gasteiger partial charge on any atom is 0.322 e. The smallest absolute Gasteiger partial charge is 0.322 e. The van der Waals surface area contributed by atoms with Crippen LogP contribution in [-0.2, 0) is 4.74 Å². The molecule has 0 saturated heterocycles. The van der Waals surface area contributed by atoms with Crippen molar-refractivity contribution >= 4 is 11.6 Å². The fraction of sp³-hybridized carbons (Fsp3) is 0.320. The Morgan fingerprint density at radius 2 is 1.79 bits per heavy atom. The van der Waals surface area contributed by atoms with Crippen molar-refractivity contribution in [3.05, 3.63) is 65.7 Å². The standard InChI is InChI=1S/C25H28N4O5/c1-16-21(24-27-23(28-34-24)18-9-6-11-20(15-18)33-4)22(17-8-5-10-19(14-17)32-3)26-25(30)29(16)12-7-13-31-2/h5-6,8-11,14-15,22H,7,12-13H2,1-4H3,(H,26,30). The highest BCUT2D eigenvalue weighted by molar-refractivity contribution is 5.87. The maximum absolute atomic E-state index is 13.0. The Bertz CT molecular complexity index is 1190. The Morgan fingerprint density at radius 1 is 1.06 bits per heavy atom. The predicted molar refractivity (Wildman–Crippen MR) is 126 cm³/mol. The van der Waals surface area contributed by atoms with Crippen molar-refractivity contribution in [3.8, 4) is 22.9 Å². The maximum atomic E-state index is 13.0. The molecule has 9 heteroatoms. The fourth-order valence-corrected chi connectivity index (χ4v) is 3.98. The molecule has 0 saturated carbocycles. The van der Waals surface area contributed by atoms with Crippen molar-refractivity contribution in [1.29, 1.82) is 0 Å². The van der Waals surface area contributed by atoms with Gasteiger partial charge >= 0.3 is 6.03 Å². The van der Waals surface area contributed by atoms with Crippen molar-refractivity contribution in [1.82, 2.24) is 20.4 Å². The van der Waals surface area contributed by atoms with Gasteiger partial charge in [0.05, 0.1) is 25.8 Å². The lowest BCUT2D eigenvalue weighted by Crippen LogP contribution is -2.46. The Kier molecular flexibility index (Phi) is 7.12. The number of methoxy groups -OCH3 is 3. The van der Waals surface area contributed by atoms with Crippen LogP contribution in [0.5, 0.6) is 11.5 Å². The molecule has 0 radical (unpaired) electrons. The Hall–Kier alpha value is -3.85. The molecule has 3 aromatic rings. The summed E-state index contributed by atoms with van der Waals surface area (Å²) in [5.41, 5.74) is 3.09. The van der Waals surface area contributed by atoms with Crippen LogP contribution >= 0.6 is 0 Å². The van der Waals surface area contributed by atoms with Crippen molar-refractivity contribution in [2.45, 2.75) is 19.4 Å². The minimum Gasteiger partial charge on any atom is -0.497 e. The average molecular weight is 465 g/mol. The van der Waals surface area contributed by atoms with Gasteiger partial charge in [0, 0.05) is 31.5 Å². The fourth-order valence-electron chi connectivity index (χ4n) is 3.98. The first-order valence-electron chi connectivity index (χ1n) is 11.0. The number of nitrogens with one attached hydrogen (secondary N) is 1. The molecule has 0 spiro atoms. The number of hydrogen-bond acceptors (Lipinski definition) is 7. The van der Waals surface area contributed by atoms with Crippen LogP contribution in [0.4, 0.5) is 4.79 Å². The van der Waals surface area contributed by atoms with E-state index in [1.807, 2.05) is 55.5 Å². The highest BCUT2D eigenvalue weighted by Crippen LogP contribution is 2.38. The zero-order chi connectivity index (χ0) is 24.1. The zero-order valence-corrected chi connectivity index (χ0v) is 19.7. The predicted octanol–water partition coefficient (Wildman–Crippen LogP) is 4.29. The largest absolute Gasteiger partial charge is 0.497 e. The summed E-state index contributed by atoms with van der Waals surface area (Å²) in [6.07, 6.45) is 0.692. The van der Waals surface area contributed by atoms with Gasteiger partial charge in [-0.25, -0.2) is 4.79 Å². The second kappa shape index (κ2) is 10.4. The second-order valence-electron chi connectivity index (χ2n) is 7.81. The summed E-state index contributed by atoms with van der Waals surface area (Å²) in [6, 6.07) is 14.3. The Balaban J connectivity index is 1.78. The van der Waals surface area contributed by atoms with Gasteiger partial charge in [-0.15, -0.1) is 0 Å². The van der Waals surface area contributed by atoms with E-state index in [1.54, 1.807) is 26.2 Å². The second-order valence-corrected chi connectivity index (χ2v) is 7.81. The number of aromatic nitrogens is 2. The number of carbonyl (C=O) groups is 1. The summed E-state index contributed by atoms with van der Waals surface area (Å²) in [5, 5.41) is 7.29. The zero-order valence-electron chi connectivity index (χ0n) is 19.7. The van der Waals surface area contributed by atoms with Crippen molar-refractivity contribution in [3.63, 3.8) is 0 Å². The molecule has 2 heterocycles. The molecule has 34 heavy (non-hydrogen) atoms. The molecule has 1 aromatic heterocycles. The van der Waals surface area contributed by atoms with E-state index >= 15 is 0 Å². The van der Waals surface area contributed by atoms with E-state index in [0.29, 0.717) is 42.8 Å². The third-order valence-electron chi connectivity index (χ3n) is 5.74. The number of amides is 2. The molecule has 0 bridgehead atoms. The normalized spacial score (nSPS) is 15.9. The van der Waals surface area contributed by atoms with Crippen molar-refractivity contribution in [2.75, 3.05) is 34.5 Å². The molecule has 1 atom stereocenters. The molecule has 2 amide bonds. The van der Waals surface area contributed by atoms with E-state index < -0.39 is 6.04 Å². The Labute approximate surface area is 198 Å². The van der Waals surface area contributed by atoms with Crippen LogP contribution in [0, 0.1) is 0 Å². The van der Waals surface area contributed by atoms with Gasteiger partial charge in [0.2, 0.25) is 5.82 Å². The summed E-state index contributed by atoms with van der Waals surface area (Å²) in [4.78, 5) is 19.4. The first-order valence-corrected chi connectivity index (χ1v) is 11.0. The molecule has 1 N–H and O–H groups in total.